The Balaban J connectivity index is 2.24. The van der Waals surface area contributed by atoms with Crippen LogP contribution in [0.4, 0.5) is 5.69 Å². The zero-order valence-corrected chi connectivity index (χ0v) is 11.0. The second-order valence-electron chi connectivity index (χ2n) is 4.66. The fourth-order valence-electron chi connectivity index (χ4n) is 2.68. The number of anilines is 1. The molecule has 0 aliphatic carbocycles. The molecule has 3 heteroatoms. The summed E-state index contributed by atoms with van der Waals surface area (Å²) in [4.78, 5) is 2.38. The van der Waals surface area contributed by atoms with E-state index >= 15 is 0 Å². The first-order chi connectivity index (χ1) is 8.27. The molecule has 0 spiro atoms. The minimum atomic E-state index is 0.617. The molecule has 1 aromatic carbocycles. The molecular weight excluding hydrogens is 212 g/mol. The molecule has 3 nitrogen and oxygen atoms in total. The van der Waals surface area contributed by atoms with E-state index in [2.05, 4.69) is 35.5 Å². The lowest BCUT2D eigenvalue weighted by molar-refractivity contribution is 0.408. The maximum atomic E-state index is 5.48. The van der Waals surface area contributed by atoms with Gasteiger partial charge in [0.25, 0.3) is 0 Å². The molecular formula is C14H22N2O. The lowest BCUT2D eigenvalue weighted by Crippen LogP contribution is -2.38. The van der Waals surface area contributed by atoms with Crippen molar-refractivity contribution in [2.24, 2.45) is 0 Å². The van der Waals surface area contributed by atoms with E-state index in [-0.39, 0.29) is 0 Å². The van der Waals surface area contributed by atoms with Gasteiger partial charge in [0.15, 0.2) is 0 Å². The summed E-state index contributed by atoms with van der Waals surface area (Å²) in [7, 11) is 5.94. The highest BCUT2D eigenvalue weighted by Gasteiger charge is 2.25. The molecule has 2 rings (SSSR count). The van der Waals surface area contributed by atoms with Crippen LogP contribution in [-0.4, -0.2) is 33.8 Å². The van der Waals surface area contributed by atoms with Crippen LogP contribution in [0.25, 0.3) is 0 Å². The molecule has 1 heterocycles. The Hall–Kier alpha value is -1.22. The number of aryl methyl sites for hydroxylation is 1. The molecule has 0 saturated heterocycles. The van der Waals surface area contributed by atoms with E-state index in [0.29, 0.717) is 6.04 Å². The third-order valence-corrected chi connectivity index (χ3v) is 3.68. The minimum absolute atomic E-state index is 0.617. The second-order valence-corrected chi connectivity index (χ2v) is 4.66. The van der Waals surface area contributed by atoms with Crippen LogP contribution in [0, 0.1) is 0 Å². The number of hydrogen-bond acceptors (Lipinski definition) is 3. The Kier molecular flexibility index (Phi) is 3.89. The van der Waals surface area contributed by atoms with Gasteiger partial charge in [-0.05, 0) is 44.5 Å². The van der Waals surface area contributed by atoms with Crippen molar-refractivity contribution in [2.45, 2.75) is 25.3 Å². The second kappa shape index (κ2) is 5.41. The first-order valence-electron chi connectivity index (χ1n) is 6.31. The zero-order valence-electron chi connectivity index (χ0n) is 11.0. The van der Waals surface area contributed by atoms with E-state index in [9.17, 15) is 0 Å². The minimum Gasteiger partial charge on any atom is -0.495 e. The number of methoxy groups -OCH3 is 1. The van der Waals surface area contributed by atoms with Crippen LogP contribution in [0.2, 0.25) is 0 Å². The van der Waals surface area contributed by atoms with Crippen LogP contribution < -0.4 is 15.0 Å². The number of fused-ring (bicyclic) bond motifs is 1. The molecule has 1 aliphatic heterocycles. The summed E-state index contributed by atoms with van der Waals surface area (Å²) in [5, 5.41) is 3.23. The van der Waals surface area contributed by atoms with E-state index < -0.39 is 0 Å². The standard InChI is InChI=1S/C14H22N2O/c1-15-10-9-12-8-7-11-5-4-6-13(17-3)14(11)16(12)2/h4-6,12,15H,7-10H2,1-3H3. The first-order valence-corrected chi connectivity index (χ1v) is 6.31. The van der Waals surface area contributed by atoms with Crippen molar-refractivity contribution in [3.05, 3.63) is 23.8 Å². The highest BCUT2D eigenvalue weighted by atomic mass is 16.5. The van der Waals surface area contributed by atoms with Crippen molar-refractivity contribution in [1.82, 2.24) is 5.32 Å². The van der Waals surface area contributed by atoms with Crippen LogP contribution >= 0.6 is 0 Å². The van der Waals surface area contributed by atoms with Gasteiger partial charge in [-0.25, -0.2) is 0 Å². The summed E-state index contributed by atoms with van der Waals surface area (Å²) in [6.07, 6.45) is 3.58. The largest absolute Gasteiger partial charge is 0.495 e. The Morgan fingerprint density at radius 1 is 1.47 bits per heavy atom. The van der Waals surface area contributed by atoms with Gasteiger partial charge in [0.05, 0.1) is 12.8 Å². The molecule has 1 atom stereocenters. The normalized spacial score (nSPS) is 19.0. The van der Waals surface area contributed by atoms with Gasteiger partial charge in [0.1, 0.15) is 5.75 Å². The number of benzene rings is 1. The monoisotopic (exact) mass is 234 g/mol. The summed E-state index contributed by atoms with van der Waals surface area (Å²) < 4.78 is 5.48. The molecule has 0 bridgehead atoms. The molecule has 0 aromatic heterocycles. The maximum absolute atomic E-state index is 5.48. The summed E-state index contributed by atoms with van der Waals surface area (Å²) in [5.41, 5.74) is 2.69. The Morgan fingerprint density at radius 3 is 3.00 bits per heavy atom. The maximum Gasteiger partial charge on any atom is 0.142 e. The Labute approximate surface area is 104 Å². The smallest absolute Gasteiger partial charge is 0.142 e. The summed E-state index contributed by atoms with van der Waals surface area (Å²) >= 11 is 0. The van der Waals surface area contributed by atoms with Gasteiger partial charge in [-0.1, -0.05) is 12.1 Å². The van der Waals surface area contributed by atoms with Gasteiger partial charge in [0, 0.05) is 13.1 Å². The Bertz CT molecular complexity index is 364. The SMILES string of the molecule is CNCCC1CCc2cccc(OC)c2N1C. The van der Waals surface area contributed by atoms with Crippen molar-refractivity contribution in [2.75, 3.05) is 32.6 Å². The predicted molar refractivity (Wildman–Crippen MR) is 72.0 cm³/mol. The van der Waals surface area contributed by atoms with Gasteiger partial charge in [-0.15, -0.1) is 0 Å². The topological polar surface area (TPSA) is 24.5 Å². The fourth-order valence-corrected chi connectivity index (χ4v) is 2.68. The molecule has 0 fully saturated rings. The van der Waals surface area contributed by atoms with Crippen LogP contribution in [0.5, 0.6) is 5.75 Å². The molecule has 1 N–H and O–H groups in total. The van der Waals surface area contributed by atoms with Crippen molar-refractivity contribution in [3.63, 3.8) is 0 Å². The third kappa shape index (κ3) is 2.39. The lowest BCUT2D eigenvalue weighted by Gasteiger charge is -2.37. The lowest BCUT2D eigenvalue weighted by atomic mass is 9.94. The summed E-state index contributed by atoms with van der Waals surface area (Å²) in [5.74, 6) is 0.999. The van der Waals surface area contributed by atoms with Crippen molar-refractivity contribution in [1.29, 1.82) is 0 Å². The van der Waals surface area contributed by atoms with Gasteiger partial charge >= 0.3 is 0 Å². The molecule has 0 saturated carbocycles. The quantitative estimate of drug-likeness (QED) is 0.863. The van der Waals surface area contributed by atoms with E-state index in [1.165, 1.54) is 24.1 Å². The van der Waals surface area contributed by atoms with Gasteiger partial charge < -0.3 is 15.0 Å². The Morgan fingerprint density at radius 2 is 2.29 bits per heavy atom. The predicted octanol–water partition coefficient (Wildman–Crippen LogP) is 2.06. The van der Waals surface area contributed by atoms with E-state index in [1.54, 1.807) is 7.11 Å². The van der Waals surface area contributed by atoms with Gasteiger partial charge in [-0.3, -0.25) is 0 Å². The van der Waals surface area contributed by atoms with E-state index in [0.717, 1.165) is 18.7 Å². The molecule has 1 aromatic rings. The van der Waals surface area contributed by atoms with Gasteiger partial charge in [0.2, 0.25) is 0 Å². The fraction of sp³-hybridized carbons (Fsp3) is 0.571. The molecule has 1 aliphatic rings. The van der Waals surface area contributed by atoms with Crippen molar-refractivity contribution < 1.29 is 4.74 Å². The first kappa shape index (κ1) is 12.2. The number of nitrogens with zero attached hydrogens (tertiary/aromatic N) is 1. The number of para-hydroxylation sites is 1. The summed E-state index contributed by atoms with van der Waals surface area (Å²) in [6.45, 7) is 1.07. The number of hydrogen-bond donors (Lipinski definition) is 1. The molecule has 17 heavy (non-hydrogen) atoms. The number of ether oxygens (including phenoxy) is 1. The van der Waals surface area contributed by atoms with Crippen molar-refractivity contribution >= 4 is 5.69 Å². The number of nitrogens with one attached hydrogen (secondary N) is 1. The molecule has 94 valence electrons. The van der Waals surface area contributed by atoms with E-state index in [4.69, 9.17) is 4.74 Å². The molecule has 1 unspecified atom stereocenters. The van der Waals surface area contributed by atoms with Crippen LogP contribution in [-0.2, 0) is 6.42 Å². The highest BCUT2D eigenvalue weighted by Crippen LogP contribution is 2.38. The molecule has 0 radical (unpaired) electrons. The zero-order chi connectivity index (χ0) is 12.3. The van der Waals surface area contributed by atoms with Gasteiger partial charge in [-0.2, -0.15) is 0 Å². The van der Waals surface area contributed by atoms with Crippen molar-refractivity contribution in [3.8, 4) is 5.75 Å². The van der Waals surface area contributed by atoms with Crippen LogP contribution in [0.15, 0.2) is 18.2 Å². The molecule has 0 amide bonds. The van der Waals surface area contributed by atoms with Crippen LogP contribution in [0.3, 0.4) is 0 Å². The summed E-state index contributed by atoms with van der Waals surface area (Å²) in [6, 6.07) is 6.96. The average Bonchev–Trinajstić information content (AvgIpc) is 2.37. The average molecular weight is 234 g/mol. The number of rotatable bonds is 4. The third-order valence-electron chi connectivity index (χ3n) is 3.68. The highest BCUT2D eigenvalue weighted by molar-refractivity contribution is 5.65. The van der Waals surface area contributed by atoms with E-state index in [1.807, 2.05) is 7.05 Å². The van der Waals surface area contributed by atoms with Crippen LogP contribution in [0.1, 0.15) is 18.4 Å².